The number of rotatable bonds is 6. The molecule has 1 aliphatic carbocycles. The van der Waals surface area contributed by atoms with Crippen molar-refractivity contribution in [1.82, 2.24) is 0 Å². The second-order valence-corrected chi connectivity index (χ2v) is 13.0. The maximum atomic E-state index is 6.33. The average Bonchev–Trinajstić information content (AvgIpc) is 3.61. The van der Waals surface area contributed by atoms with E-state index in [0.717, 1.165) is 56.1 Å². The normalized spacial score (nSPS) is 13.0. The molecule has 48 heavy (non-hydrogen) atoms. The van der Waals surface area contributed by atoms with Gasteiger partial charge in [0, 0.05) is 56.4 Å². The number of hydrogen-bond acceptors (Lipinski definition) is 3. The first-order valence-corrected chi connectivity index (χ1v) is 16.5. The fourth-order valence-electron chi connectivity index (χ4n) is 7.50. The van der Waals surface area contributed by atoms with E-state index in [2.05, 4.69) is 181 Å². The van der Waals surface area contributed by atoms with Crippen LogP contribution < -0.4 is 9.80 Å². The highest BCUT2D eigenvalue weighted by Gasteiger charge is 2.35. The average molecular weight is 619 g/mol. The van der Waals surface area contributed by atoms with Crippen LogP contribution in [0.25, 0.3) is 33.1 Å². The van der Waals surface area contributed by atoms with E-state index in [1.54, 1.807) is 0 Å². The monoisotopic (exact) mass is 618 g/mol. The number of fused-ring (bicyclic) bond motifs is 6. The van der Waals surface area contributed by atoms with Gasteiger partial charge in [-0.05, 0) is 95.1 Å². The largest absolute Gasteiger partial charge is 0.456 e. The van der Waals surface area contributed by atoms with Gasteiger partial charge in [-0.1, -0.05) is 105 Å². The van der Waals surface area contributed by atoms with Gasteiger partial charge in [0.05, 0.1) is 0 Å². The summed E-state index contributed by atoms with van der Waals surface area (Å²) in [7, 11) is 0. The molecule has 0 aliphatic heterocycles. The fourth-order valence-corrected chi connectivity index (χ4v) is 7.50. The Bertz CT molecular complexity index is 2440. The molecular formula is C45H34N2O. The number of furan rings is 1. The zero-order chi connectivity index (χ0) is 32.2. The van der Waals surface area contributed by atoms with E-state index in [1.807, 2.05) is 12.1 Å². The Kier molecular flexibility index (Phi) is 6.48. The predicted molar refractivity (Wildman–Crippen MR) is 201 cm³/mol. The summed E-state index contributed by atoms with van der Waals surface area (Å²) >= 11 is 0. The maximum Gasteiger partial charge on any atom is 0.137 e. The van der Waals surface area contributed by atoms with E-state index in [4.69, 9.17) is 4.42 Å². The molecule has 230 valence electrons. The summed E-state index contributed by atoms with van der Waals surface area (Å²) in [5.41, 5.74) is 13.6. The van der Waals surface area contributed by atoms with Crippen molar-refractivity contribution in [2.75, 3.05) is 9.80 Å². The zero-order valence-electron chi connectivity index (χ0n) is 27.0. The summed E-state index contributed by atoms with van der Waals surface area (Å²) in [5.74, 6) is 0. The van der Waals surface area contributed by atoms with E-state index in [9.17, 15) is 0 Å². The second-order valence-electron chi connectivity index (χ2n) is 13.0. The molecule has 3 nitrogen and oxygen atoms in total. The van der Waals surface area contributed by atoms with Gasteiger partial charge in [-0.15, -0.1) is 0 Å². The third kappa shape index (κ3) is 4.51. The van der Waals surface area contributed by atoms with Gasteiger partial charge < -0.3 is 14.2 Å². The summed E-state index contributed by atoms with van der Waals surface area (Å²) in [6.45, 7) is 4.68. The van der Waals surface area contributed by atoms with Crippen molar-refractivity contribution in [3.8, 4) is 11.1 Å². The molecule has 0 spiro atoms. The lowest BCUT2D eigenvalue weighted by molar-refractivity contribution is 0.660. The minimum atomic E-state index is -0.0917. The fraction of sp³-hybridized carbons (Fsp3) is 0.0667. The van der Waals surface area contributed by atoms with E-state index in [1.165, 1.54) is 22.3 Å². The lowest BCUT2D eigenvalue weighted by Gasteiger charge is -2.30. The van der Waals surface area contributed by atoms with Gasteiger partial charge >= 0.3 is 0 Å². The molecule has 0 saturated carbocycles. The van der Waals surface area contributed by atoms with Crippen molar-refractivity contribution < 1.29 is 4.42 Å². The molecule has 0 amide bonds. The van der Waals surface area contributed by atoms with Crippen molar-refractivity contribution in [3.05, 3.63) is 181 Å². The number of anilines is 6. The molecule has 1 heterocycles. The minimum absolute atomic E-state index is 0.0917. The van der Waals surface area contributed by atoms with Crippen molar-refractivity contribution in [2.45, 2.75) is 19.3 Å². The Hall–Kier alpha value is -6.06. The molecule has 0 saturated heterocycles. The Balaban J connectivity index is 1.20. The van der Waals surface area contributed by atoms with Gasteiger partial charge in [0.1, 0.15) is 11.2 Å². The summed E-state index contributed by atoms with van der Waals surface area (Å²) in [6.07, 6.45) is 0. The van der Waals surface area contributed by atoms with Gasteiger partial charge in [0.25, 0.3) is 0 Å². The summed E-state index contributed by atoms with van der Waals surface area (Å²) < 4.78 is 6.33. The smallest absolute Gasteiger partial charge is 0.137 e. The van der Waals surface area contributed by atoms with Crippen molar-refractivity contribution in [1.29, 1.82) is 0 Å². The zero-order valence-corrected chi connectivity index (χ0v) is 27.0. The van der Waals surface area contributed by atoms with Gasteiger partial charge in [-0.3, -0.25) is 0 Å². The first kappa shape index (κ1) is 28.2. The summed E-state index contributed by atoms with van der Waals surface area (Å²) in [6, 6.07) is 60.6. The molecule has 9 rings (SSSR count). The molecule has 0 N–H and O–H groups in total. The summed E-state index contributed by atoms with van der Waals surface area (Å²) in [4.78, 5) is 4.68. The molecule has 3 heteroatoms. The first-order chi connectivity index (χ1) is 23.6. The second kappa shape index (κ2) is 11.0. The molecular weight excluding hydrogens is 585 g/mol. The van der Waals surface area contributed by atoms with Crippen LogP contribution in [0.2, 0.25) is 0 Å². The van der Waals surface area contributed by atoms with Crippen molar-refractivity contribution in [3.63, 3.8) is 0 Å². The molecule has 0 atom stereocenters. The van der Waals surface area contributed by atoms with E-state index in [0.29, 0.717) is 0 Å². The maximum absolute atomic E-state index is 6.33. The van der Waals surface area contributed by atoms with Crippen molar-refractivity contribution in [2.24, 2.45) is 0 Å². The van der Waals surface area contributed by atoms with E-state index in [-0.39, 0.29) is 5.41 Å². The molecule has 0 unspecified atom stereocenters. The molecule has 0 bridgehead atoms. The SMILES string of the molecule is CC1(C)c2ccccc2-c2ccc(N(c3ccccc3)c3cccc(N(c4ccccc4)c4ccc5c(c4)oc4ccccc45)c3)cc21. The number of para-hydroxylation sites is 3. The Labute approximate surface area is 280 Å². The van der Waals surface area contributed by atoms with Gasteiger partial charge in [-0.25, -0.2) is 0 Å². The van der Waals surface area contributed by atoms with Crippen LogP contribution in [0.15, 0.2) is 174 Å². The topological polar surface area (TPSA) is 19.6 Å². The predicted octanol–water partition coefficient (Wildman–Crippen LogP) is 12.8. The van der Waals surface area contributed by atoms with Crippen LogP contribution in [0.5, 0.6) is 0 Å². The molecule has 1 aromatic heterocycles. The summed E-state index contributed by atoms with van der Waals surface area (Å²) in [5, 5.41) is 2.25. The van der Waals surface area contributed by atoms with Crippen LogP contribution >= 0.6 is 0 Å². The van der Waals surface area contributed by atoms with Crippen LogP contribution in [0.3, 0.4) is 0 Å². The lowest BCUT2D eigenvalue weighted by Crippen LogP contribution is -2.17. The Morgan fingerprint density at radius 3 is 1.62 bits per heavy atom. The highest BCUT2D eigenvalue weighted by molar-refractivity contribution is 6.06. The Morgan fingerprint density at radius 2 is 0.896 bits per heavy atom. The van der Waals surface area contributed by atoms with Crippen LogP contribution in [-0.4, -0.2) is 0 Å². The van der Waals surface area contributed by atoms with Crippen LogP contribution in [0.4, 0.5) is 34.1 Å². The molecule has 1 aliphatic rings. The van der Waals surface area contributed by atoms with Crippen molar-refractivity contribution >= 4 is 56.1 Å². The van der Waals surface area contributed by atoms with Crippen LogP contribution in [-0.2, 0) is 5.41 Å². The molecule has 0 radical (unpaired) electrons. The van der Waals surface area contributed by atoms with Crippen LogP contribution in [0.1, 0.15) is 25.0 Å². The first-order valence-electron chi connectivity index (χ1n) is 16.5. The van der Waals surface area contributed by atoms with Gasteiger partial charge in [0.2, 0.25) is 0 Å². The minimum Gasteiger partial charge on any atom is -0.456 e. The highest BCUT2D eigenvalue weighted by Crippen LogP contribution is 2.51. The van der Waals surface area contributed by atoms with Gasteiger partial charge in [-0.2, -0.15) is 0 Å². The molecule has 8 aromatic rings. The number of hydrogen-bond donors (Lipinski definition) is 0. The Morgan fingerprint density at radius 1 is 0.375 bits per heavy atom. The highest BCUT2D eigenvalue weighted by atomic mass is 16.3. The van der Waals surface area contributed by atoms with E-state index < -0.39 is 0 Å². The quantitative estimate of drug-likeness (QED) is 0.185. The third-order valence-electron chi connectivity index (χ3n) is 9.82. The molecule has 0 fully saturated rings. The van der Waals surface area contributed by atoms with Gasteiger partial charge in [0.15, 0.2) is 0 Å². The number of nitrogens with zero attached hydrogens (tertiary/aromatic N) is 2. The number of benzene rings is 7. The van der Waals surface area contributed by atoms with Crippen LogP contribution in [0, 0.1) is 0 Å². The molecule has 7 aromatic carbocycles. The third-order valence-corrected chi connectivity index (χ3v) is 9.82. The van der Waals surface area contributed by atoms with E-state index >= 15 is 0 Å². The lowest BCUT2D eigenvalue weighted by atomic mass is 9.82. The standard InChI is InChI=1S/C45H34N2O/c1-45(2)41-22-11-9-20-37(41)38-26-24-35(29-42(38)45)46(31-14-5-3-6-15-31)33-18-13-19-34(28-33)47(32-16-7-4-8-17-32)36-25-27-40-39-21-10-12-23-43(39)48-44(40)30-36/h3-30H,1-2H3.